The van der Waals surface area contributed by atoms with Gasteiger partial charge in [0.15, 0.2) is 4.34 Å². The molecule has 0 saturated heterocycles. The number of para-hydroxylation sites is 1. The van der Waals surface area contributed by atoms with Crippen LogP contribution in [0, 0.1) is 0 Å². The highest BCUT2D eigenvalue weighted by atomic mass is 32.2. The fourth-order valence-electron chi connectivity index (χ4n) is 1.81. The number of hydrogen-bond acceptors (Lipinski definition) is 7. The zero-order valence-electron chi connectivity index (χ0n) is 11.1. The Bertz CT molecular complexity index is 688. The molecule has 2 aromatic heterocycles. The zero-order chi connectivity index (χ0) is 14.1. The summed E-state index contributed by atoms with van der Waals surface area (Å²) >= 11 is 4.91. The number of hydrogen-bond donors (Lipinski definition) is 1. The van der Waals surface area contributed by atoms with E-state index < -0.39 is 0 Å². The van der Waals surface area contributed by atoms with Gasteiger partial charge in [0.1, 0.15) is 0 Å². The third-order valence-corrected chi connectivity index (χ3v) is 6.50. The standard InChI is InChI=1S/C13H14N4S3/c1-7(8(2)18-13-17-16-12(14)20-13)11-15-9-5-3-4-6-10(9)19-11/h3-8H,1-2H3,(H2,14,16)/t7-,8+/m1/s1. The van der Waals surface area contributed by atoms with E-state index in [0.29, 0.717) is 16.3 Å². The van der Waals surface area contributed by atoms with Crippen molar-refractivity contribution in [2.24, 2.45) is 0 Å². The number of nitrogens with zero attached hydrogens (tertiary/aromatic N) is 3. The minimum atomic E-state index is 0.363. The number of benzene rings is 1. The second kappa shape index (κ2) is 5.67. The highest BCUT2D eigenvalue weighted by Gasteiger charge is 2.20. The molecule has 104 valence electrons. The Morgan fingerprint density at radius 3 is 2.65 bits per heavy atom. The molecule has 0 spiro atoms. The lowest BCUT2D eigenvalue weighted by Crippen LogP contribution is -2.07. The van der Waals surface area contributed by atoms with E-state index in [9.17, 15) is 0 Å². The van der Waals surface area contributed by atoms with Crippen LogP contribution in [0.2, 0.25) is 0 Å². The van der Waals surface area contributed by atoms with Gasteiger partial charge in [-0.15, -0.1) is 21.5 Å². The maximum absolute atomic E-state index is 5.61. The van der Waals surface area contributed by atoms with Crippen molar-refractivity contribution in [3.05, 3.63) is 29.3 Å². The van der Waals surface area contributed by atoms with Crippen LogP contribution < -0.4 is 5.73 Å². The van der Waals surface area contributed by atoms with Crippen LogP contribution in [-0.4, -0.2) is 20.4 Å². The third-order valence-electron chi connectivity index (χ3n) is 3.11. The number of thioether (sulfide) groups is 1. The van der Waals surface area contributed by atoms with Crippen molar-refractivity contribution in [3.8, 4) is 0 Å². The average molecular weight is 322 g/mol. The minimum Gasteiger partial charge on any atom is -0.374 e. The number of nitrogen functional groups attached to an aromatic ring is 1. The van der Waals surface area contributed by atoms with Crippen LogP contribution in [0.4, 0.5) is 5.13 Å². The average Bonchev–Trinajstić information content (AvgIpc) is 3.03. The second-order valence-electron chi connectivity index (χ2n) is 4.54. The molecule has 0 aliphatic heterocycles. The van der Waals surface area contributed by atoms with Gasteiger partial charge in [0, 0.05) is 11.2 Å². The highest BCUT2D eigenvalue weighted by molar-refractivity contribution is 8.01. The Kier molecular flexibility index (Phi) is 3.91. The molecule has 2 N–H and O–H groups in total. The van der Waals surface area contributed by atoms with Crippen molar-refractivity contribution >= 4 is 49.8 Å². The SMILES string of the molecule is C[C@H](Sc1nnc(N)s1)[C@@H](C)c1nc2ccccc2s1. The van der Waals surface area contributed by atoms with E-state index in [1.54, 1.807) is 23.1 Å². The predicted octanol–water partition coefficient (Wildman–Crippen LogP) is 4.01. The first-order valence-corrected chi connectivity index (χ1v) is 8.76. The van der Waals surface area contributed by atoms with Gasteiger partial charge in [0.05, 0.1) is 15.2 Å². The number of aromatic nitrogens is 3. The summed E-state index contributed by atoms with van der Waals surface area (Å²) < 4.78 is 2.16. The topological polar surface area (TPSA) is 64.7 Å². The predicted molar refractivity (Wildman–Crippen MR) is 87.7 cm³/mol. The van der Waals surface area contributed by atoms with Crippen LogP contribution in [-0.2, 0) is 0 Å². The van der Waals surface area contributed by atoms with Gasteiger partial charge in [-0.25, -0.2) is 4.98 Å². The summed E-state index contributed by atoms with van der Waals surface area (Å²) in [4.78, 5) is 4.73. The van der Waals surface area contributed by atoms with Crippen molar-refractivity contribution < 1.29 is 0 Å². The molecule has 2 heterocycles. The van der Waals surface area contributed by atoms with E-state index in [2.05, 4.69) is 42.2 Å². The Balaban J connectivity index is 1.78. The lowest BCUT2D eigenvalue weighted by molar-refractivity contribution is 0.744. The zero-order valence-corrected chi connectivity index (χ0v) is 13.6. The summed E-state index contributed by atoms with van der Waals surface area (Å²) in [6.45, 7) is 4.40. The summed E-state index contributed by atoms with van der Waals surface area (Å²) in [6.07, 6.45) is 0. The molecule has 7 heteroatoms. The van der Waals surface area contributed by atoms with Gasteiger partial charge in [0.25, 0.3) is 0 Å². The Morgan fingerprint density at radius 2 is 1.95 bits per heavy atom. The Morgan fingerprint density at radius 1 is 1.15 bits per heavy atom. The fraction of sp³-hybridized carbons (Fsp3) is 0.308. The maximum Gasteiger partial charge on any atom is 0.203 e. The highest BCUT2D eigenvalue weighted by Crippen LogP contribution is 2.37. The molecule has 0 saturated carbocycles. The monoisotopic (exact) mass is 322 g/mol. The first-order valence-electron chi connectivity index (χ1n) is 6.24. The quantitative estimate of drug-likeness (QED) is 0.735. The van der Waals surface area contributed by atoms with Gasteiger partial charge in [0.2, 0.25) is 5.13 Å². The van der Waals surface area contributed by atoms with E-state index >= 15 is 0 Å². The van der Waals surface area contributed by atoms with Crippen LogP contribution in [0.5, 0.6) is 0 Å². The van der Waals surface area contributed by atoms with Crippen molar-refractivity contribution in [2.45, 2.75) is 29.4 Å². The normalized spacial score (nSPS) is 14.5. The van der Waals surface area contributed by atoms with E-state index in [1.807, 2.05) is 6.07 Å². The summed E-state index contributed by atoms with van der Waals surface area (Å²) in [5.41, 5.74) is 6.69. The Hall–Kier alpha value is -1.18. The van der Waals surface area contributed by atoms with Gasteiger partial charge in [-0.05, 0) is 12.1 Å². The molecule has 0 unspecified atom stereocenters. The van der Waals surface area contributed by atoms with Gasteiger partial charge >= 0.3 is 0 Å². The van der Waals surface area contributed by atoms with Crippen molar-refractivity contribution in [1.29, 1.82) is 0 Å². The van der Waals surface area contributed by atoms with E-state index in [0.717, 1.165) is 9.86 Å². The number of nitrogens with two attached hydrogens (primary N) is 1. The molecular formula is C13H14N4S3. The maximum atomic E-state index is 5.61. The van der Waals surface area contributed by atoms with Crippen LogP contribution in [0.1, 0.15) is 24.8 Å². The van der Waals surface area contributed by atoms with E-state index in [1.165, 1.54) is 21.0 Å². The van der Waals surface area contributed by atoms with Crippen LogP contribution >= 0.6 is 34.4 Å². The molecule has 4 nitrogen and oxygen atoms in total. The Labute approximate surface area is 129 Å². The molecule has 0 aliphatic carbocycles. The summed E-state index contributed by atoms with van der Waals surface area (Å²) in [5.74, 6) is 0.363. The fourth-order valence-corrected chi connectivity index (χ4v) is 5.01. The van der Waals surface area contributed by atoms with Crippen molar-refractivity contribution in [3.63, 3.8) is 0 Å². The molecule has 20 heavy (non-hydrogen) atoms. The molecule has 0 fully saturated rings. The molecule has 0 bridgehead atoms. The number of thiazole rings is 1. The van der Waals surface area contributed by atoms with Gasteiger partial charge < -0.3 is 5.73 Å². The van der Waals surface area contributed by atoms with Gasteiger partial charge in [-0.3, -0.25) is 0 Å². The number of anilines is 1. The number of rotatable bonds is 4. The van der Waals surface area contributed by atoms with Crippen LogP contribution in [0.25, 0.3) is 10.2 Å². The molecule has 0 amide bonds. The molecule has 2 atom stereocenters. The van der Waals surface area contributed by atoms with E-state index in [4.69, 9.17) is 10.7 Å². The van der Waals surface area contributed by atoms with Gasteiger partial charge in [-0.2, -0.15) is 0 Å². The first-order chi connectivity index (χ1) is 9.63. The first kappa shape index (κ1) is 13.8. The second-order valence-corrected chi connectivity index (χ2v) is 8.23. The smallest absolute Gasteiger partial charge is 0.203 e. The lowest BCUT2D eigenvalue weighted by atomic mass is 10.1. The van der Waals surface area contributed by atoms with Crippen LogP contribution in [0.3, 0.4) is 0 Å². The molecule has 3 rings (SSSR count). The largest absolute Gasteiger partial charge is 0.374 e. The molecule has 0 radical (unpaired) electrons. The third kappa shape index (κ3) is 2.79. The molecule has 3 aromatic rings. The summed E-state index contributed by atoms with van der Waals surface area (Å²) in [5, 5.41) is 9.98. The molecule has 0 aliphatic rings. The van der Waals surface area contributed by atoms with Crippen LogP contribution in [0.15, 0.2) is 28.6 Å². The molecular weight excluding hydrogens is 308 g/mol. The van der Waals surface area contributed by atoms with Crippen molar-refractivity contribution in [1.82, 2.24) is 15.2 Å². The van der Waals surface area contributed by atoms with E-state index in [-0.39, 0.29) is 0 Å². The lowest BCUT2D eigenvalue weighted by Gasteiger charge is -2.15. The molecule has 1 aromatic carbocycles. The summed E-state index contributed by atoms with van der Waals surface area (Å²) in [7, 11) is 0. The minimum absolute atomic E-state index is 0.363. The summed E-state index contributed by atoms with van der Waals surface area (Å²) in [6, 6.07) is 8.26. The van der Waals surface area contributed by atoms with Gasteiger partial charge in [-0.1, -0.05) is 49.1 Å². The van der Waals surface area contributed by atoms with Crippen molar-refractivity contribution in [2.75, 3.05) is 5.73 Å². The number of fused-ring (bicyclic) bond motifs is 1.